The minimum Gasteiger partial charge on any atom is -0.493 e. The Morgan fingerprint density at radius 1 is 0.857 bits per heavy atom. The first kappa shape index (κ1) is 19.7. The zero-order valence-electron chi connectivity index (χ0n) is 15.5. The molecule has 0 bridgehead atoms. The van der Waals surface area contributed by atoms with Crippen molar-refractivity contribution < 1.29 is 22.3 Å². The lowest BCUT2D eigenvalue weighted by molar-refractivity contribution is 0.355. The van der Waals surface area contributed by atoms with Gasteiger partial charge in [-0.1, -0.05) is 30.3 Å². The normalized spacial score (nSPS) is 11.1. The average Bonchev–Trinajstić information content (AvgIpc) is 2.72. The fraction of sp³-hybridized carbons (Fsp3) is 0.143. The van der Waals surface area contributed by atoms with Gasteiger partial charge < -0.3 is 9.47 Å². The third kappa shape index (κ3) is 4.09. The molecule has 0 radical (unpaired) electrons. The summed E-state index contributed by atoms with van der Waals surface area (Å²) in [5.74, 6) is 0.448. The molecule has 5 nitrogen and oxygen atoms in total. The number of methoxy groups -OCH3 is 2. The van der Waals surface area contributed by atoms with E-state index in [0.717, 1.165) is 0 Å². The summed E-state index contributed by atoms with van der Waals surface area (Å²) in [5.41, 5.74) is 0.903. The number of hydrogen-bond donors (Lipinski definition) is 0. The van der Waals surface area contributed by atoms with E-state index in [-0.39, 0.29) is 11.4 Å². The Kier molecular flexibility index (Phi) is 5.84. The molecule has 0 saturated heterocycles. The van der Waals surface area contributed by atoms with E-state index in [2.05, 4.69) is 0 Å². The highest BCUT2D eigenvalue weighted by atomic mass is 32.2. The fourth-order valence-electron chi connectivity index (χ4n) is 2.82. The van der Waals surface area contributed by atoms with Crippen LogP contribution < -0.4 is 13.8 Å². The molecule has 28 heavy (non-hydrogen) atoms. The van der Waals surface area contributed by atoms with Crippen LogP contribution in [-0.2, 0) is 16.6 Å². The van der Waals surface area contributed by atoms with Crippen LogP contribution in [0.3, 0.4) is 0 Å². The summed E-state index contributed by atoms with van der Waals surface area (Å²) in [6.45, 7) is -0.0372. The van der Waals surface area contributed by atoms with Crippen molar-refractivity contribution in [2.45, 2.75) is 11.4 Å². The Morgan fingerprint density at radius 3 is 2.21 bits per heavy atom. The van der Waals surface area contributed by atoms with Crippen LogP contribution >= 0.6 is 0 Å². The first-order valence-electron chi connectivity index (χ1n) is 8.50. The summed E-state index contributed by atoms with van der Waals surface area (Å²) in [6.07, 6.45) is 0. The Hall–Kier alpha value is -3.06. The van der Waals surface area contributed by atoms with Gasteiger partial charge in [-0.2, -0.15) is 0 Å². The predicted molar refractivity (Wildman–Crippen MR) is 106 cm³/mol. The Bertz CT molecular complexity index is 1060. The second-order valence-electron chi connectivity index (χ2n) is 5.99. The molecular weight excluding hydrogens is 381 g/mol. The van der Waals surface area contributed by atoms with Crippen LogP contribution in [-0.4, -0.2) is 22.6 Å². The number of halogens is 1. The van der Waals surface area contributed by atoms with Gasteiger partial charge in [0.15, 0.2) is 11.5 Å². The maximum absolute atomic E-state index is 13.7. The van der Waals surface area contributed by atoms with E-state index in [1.165, 1.54) is 42.8 Å². The molecule has 0 N–H and O–H groups in total. The van der Waals surface area contributed by atoms with Crippen LogP contribution in [0.15, 0.2) is 77.7 Å². The summed E-state index contributed by atoms with van der Waals surface area (Å²) in [4.78, 5) is 0.140. The zero-order chi connectivity index (χ0) is 20.1. The number of nitrogens with zero attached hydrogens (tertiary/aromatic N) is 1. The van der Waals surface area contributed by atoms with Crippen LogP contribution in [0.4, 0.5) is 10.1 Å². The van der Waals surface area contributed by atoms with E-state index in [1.54, 1.807) is 48.5 Å². The largest absolute Gasteiger partial charge is 0.493 e. The van der Waals surface area contributed by atoms with Crippen molar-refractivity contribution in [2.24, 2.45) is 0 Å². The molecule has 3 aromatic rings. The van der Waals surface area contributed by atoms with E-state index < -0.39 is 15.8 Å². The van der Waals surface area contributed by atoms with Crippen molar-refractivity contribution in [3.63, 3.8) is 0 Å². The van der Waals surface area contributed by atoms with E-state index in [9.17, 15) is 12.8 Å². The highest BCUT2D eigenvalue weighted by molar-refractivity contribution is 7.92. The quantitative estimate of drug-likeness (QED) is 0.594. The third-order valence-electron chi connectivity index (χ3n) is 4.20. The molecule has 0 atom stereocenters. The van der Waals surface area contributed by atoms with Gasteiger partial charge >= 0.3 is 0 Å². The summed E-state index contributed by atoms with van der Waals surface area (Å²) in [7, 11) is -0.916. The van der Waals surface area contributed by atoms with E-state index in [0.29, 0.717) is 22.7 Å². The van der Waals surface area contributed by atoms with Crippen molar-refractivity contribution in [3.8, 4) is 11.5 Å². The Labute approximate surface area is 164 Å². The number of hydrogen-bond acceptors (Lipinski definition) is 4. The molecule has 0 amide bonds. The van der Waals surface area contributed by atoms with Gasteiger partial charge in [-0.25, -0.2) is 12.8 Å². The van der Waals surface area contributed by atoms with E-state index in [4.69, 9.17) is 9.47 Å². The Balaban J connectivity index is 2.12. The number of sulfonamides is 1. The maximum Gasteiger partial charge on any atom is 0.264 e. The molecule has 3 rings (SSSR count). The van der Waals surface area contributed by atoms with Crippen LogP contribution in [0.25, 0.3) is 0 Å². The van der Waals surface area contributed by atoms with Gasteiger partial charge in [0.2, 0.25) is 0 Å². The van der Waals surface area contributed by atoms with Crippen LogP contribution in [0.1, 0.15) is 5.56 Å². The lowest BCUT2D eigenvalue weighted by atomic mass is 10.2. The van der Waals surface area contributed by atoms with E-state index in [1.807, 2.05) is 0 Å². The first-order valence-corrected chi connectivity index (χ1v) is 9.94. The topological polar surface area (TPSA) is 55.8 Å². The van der Waals surface area contributed by atoms with Crippen LogP contribution in [0.2, 0.25) is 0 Å². The molecule has 0 aliphatic heterocycles. The molecular formula is C21H20FNO4S. The second-order valence-corrected chi connectivity index (χ2v) is 7.86. The fourth-order valence-corrected chi connectivity index (χ4v) is 4.28. The summed E-state index contributed by atoms with van der Waals surface area (Å²) < 4.78 is 52.1. The standard InChI is InChI=1S/C21H20FNO4S/c1-26-20-12-11-18(14-21(20)27-2)23(15-16-7-6-8-17(22)13-16)28(24,25)19-9-4-3-5-10-19/h3-14H,15H2,1-2H3. The molecule has 146 valence electrons. The van der Waals surface area contributed by atoms with Gasteiger partial charge in [-0.15, -0.1) is 0 Å². The molecule has 0 saturated carbocycles. The van der Waals surface area contributed by atoms with Gasteiger partial charge in [-0.05, 0) is 42.0 Å². The minimum absolute atomic E-state index is 0.0372. The van der Waals surface area contributed by atoms with Crippen molar-refractivity contribution >= 4 is 15.7 Å². The molecule has 0 aromatic heterocycles. The molecule has 0 aliphatic rings. The number of ether oxygens (including phenoxy) is 2. The lowest BCUT2D eigenvalue weighted by Gasteiger charge is -2.25. The summed E-state index contributed by atoms with van der Waals surface area (Å²) >= 11 is 0. The van der Waals surface area contributed by atoms with Crippen molar-refractivity contribution in [1.82, 2.24) is 0 Å². The van der Waals surface area contributed by atoms with Crippen molar-refractivity contribution in [2.75, 3.05) is 18.5 Å². The molecule has 0 spiro atoms. The zero-order valence-corrected chi connectivity index (χ0v) is 16.3. The average molecular weight is 401 g/mol. The summed E-state index contributed by atoms with van der Waals surface area (Å²) in [6, 6.07) is 18.8. The first-order chi connectivity index (χ1) is 13.5. The molecule has 7 heteroatoms. The van der Waals surface area contributed by atoms with Crippen molar-refractivity contribution in [1.29, 1.82) is 0 Å². The van der Waals surface area contributed by atoms with Crippen LogP contribution in [0, 0.1) is 5.82 Å². The Morgan fingerprint density at radius 2 is 1.57 bits per heavy atom. The SMILES string of the molecule is COc1ccc(N(Cc2cccc(F)c2)S(=O)(=O)c2ccccc2)cc1OC. The van der Waals surface area contributed by atoms with Gasteiger partial charge in [0.25, 0.3) is 10.0 Å². The van der Waals surface area contributed by atoms with Gasteiger partial charge in [0, 0.05) is 6.07 Å². The van der Waals surface area contributed by atoms with Gasteiger partial charge in [-0.3, -0.25) is 4.31 Å². The molecule has 3 aromatic carbocycles. The van der Waals surface area contributed by atoms with Gasteiger partial charge in [0.05, 0.1) is 31.3 Å². The summed E-state index contributed by atoms with van der Waals surface area (Å²) in [5, 5.41) is 0. The van der Waals surface area contributed by atoms with E-state index >= 15 is 0 Å². The molecule has 0 unspecified atom stereocenters. The van der Waals surface area contributed by atoms with Gasteiger partial charge in [0.1, 0.15) is 5.82 Å². The molecule has 0 heterocycles. The smallest absolute Gasteiger partial charge is 0.264 e. The monoisotopic (exact) mass is 401 g/mol. The molecule has 0 aliphatic carbocycles. The highest BCUT2D eigenvalue weighted by Crippen LogP contribution is 2.34. The predicted octanol–water partition coefficient (Wildman–Crippen LogP) is 4.24. The number of rotatable bonds is 7. The molecule has 0 fully saturated rings. The third-order valence-corrected chi connectivity index (χ3v) is 5.99. The van der Waals surface area contributed by atoms with Crippen LogP contribution in [0.5, 0.6) is 11.5 Å². The second kappa shape index (κ2) is 8.31. The maximum atomic E-state index is 13.7. The minimum atomic E-state index is -3.90. The number of anilines is 1. The van der Waals surface area contributed by atoms with Crippen molar-refractivity contribution in [3.05, 3.63) is 84.2 Å². The number of benzene rings is 3. The highest BCUT2D eigenvalue weighted by Gasteiger charge is 2.26. The lowest BCUT2D eigenvalue weighted by Crippen LogP contribution is -2.30.